The van der Waals surface area contributed by atoms with Gasteiger partial charge in [-0.1, -0.05) is 0 Å². The average Bonchev–Trinajstić information content (AvgIpc) is 3.07. The molecule has 5 heteroatoms. The first kappa shape index (κ1) is 12.9. The highest BCUT2D eigenvalue weighted by Gasteiger charge is 2.56. The van der Waals surface area contributed by atoms with Crippen LogP contribution in [0.1, 0.15) is 32.1 Å². The quantitative estimate of drug-likeness (QED) is 0.699. The number of piperidine rings is 1. The Morgan fingerprint density at radius 3 is 2.32 bits per heavy atom. The molecule has 2 unspecified atom stereocenters. The van der Waals surface area contributed by atoms with Crippen LogP contribution in [0.15, 0.2) is 0 Å². The predicted octanol–water partition coefficient (Wildman–Crippen LogP) is 0.965. The monoisotopic (exact) mass is 267 g/mol. The van der Waals surface area contributed by atoms with Crippen molar-refractivity contribution in [2.45, 2.75) is 44.3 Å². The summed E-state index contributed by atoms with van der Waals surface area (Å²) in [5.74, 6) is -0.896. The summed E-state index contributed by atoms with van der Waals surface area (Å²) >= 11 is 0. The second kappa shape index (κ2) is 5.12. The smallest absolute Gasteiger partial charge is 0.312 e. The largest absolute Gasteiger partial charge is 0.469 e. The number of ether oxygens (including phenoxy) is 2. The molecular weight excluding hydrogens is 246 g/mol. The van der Waals surface area contributed by atoms with Crippen molar-refractivity contribution in [2.75, 3.05) is 20.2 Å². The highest BCUT2D eigenvalue weighted by Crippen LogP contribution is 2.45. The molecule has 0 spiro atoms. The maximum absolute atomic E-state index is 12.7. The van der Waals surface area contributed by atoms with E-state index in [4.69, 9.17) is 9.47 Å². The summed E-state index contributed by atoms with van der Waals surface area (Å²) < 4.78 is 10.6. The number of rotatable bonds is 2. The van der Waals surface area contributed by atoms with Crippen molar-refractivity contribution in [3.05, 3.63) is 0 Å². The lowest BCUT2D eigenvalue weighted by atomic mass is 9.78. The highest BCUT2D eigenvalue weighted by atomic mass is 16.5. The fourth-order valence-corrected chi connectivity index (χ4v) is 3.75. The summed E-state index contributed by atoms with van der Waals surface area (Å²) in [5.41, 5.74) is 0. The van der Waals surface area contributed by atoms with Gasteiger partial charge in [0.25, 0.3) is 0 Å². The van der Waals surface area contributed by atoms with E-state index >= 15 is 0 Å². The predicted molar refractivity (Wildman–Crippen MR) is 67.3 cm³/mol. The molecule has 19 heavy (non-hydrogen) atoms. The molecule has 3 fully saturated rings. The van der Waals surface area contributed by atoms with Crippen molar-refractivity contribution >= 4 is 11.9 Å². The molecule has 106 valence electrons. The third-order valence-electron chi connectivity index (χ3n) is 4.70. The van der Waals surface area contributed by atoms with Crippen LogP contribution >= 0.6 is 0 Å². The third-order valence-corrected chi connectivity index (χ3v) is 4.70. The molecule has 0 radical (unpaired) electrons. The van der Waals surface area contributed by atoms with E-state index in [1.807, 2.05) is 4.90 Å². The summed E-state index contributed by atoms with van der Waals surface area (Å²) in [4.78, 5) is 26.5. The molecule has 5 nitrogen and oxygen atoms in total. The molecule has 0 N–H and O–H groups in total. The van der Waals surface area contributed by atoms with Crippen LogP contribution in [0, 0.1) is 11.8 Å². The lowest BCUT2D eigenvalue weighted by Crippen LogP contribution is -2.47. The van der Waals surface area contributed by atoms with Gasteiger partial charge in [0, 0.05) is 13.1 Å². The van der Waals surface area contributed by atoms with E-state index in [1.54, 1.807) is 0 Å². The van der Waals surface area contributed by atoms with Gasteiger partial charge < -0.3 is 14.4 Å². The van der Waals surface area contributed by atoms with Crippen LogP contribution in [-0.4, -0.2) is 49.2 Å². The third kappa shape index (κ3) is 2.14. The minimum absolute atomic E-state index is 0.0801. The van der Waals surface area contributed by atoms with Gasteiger partial charge in [0.15, 0.2) is 0 Å². The Labute approximate surface area is 113 Å². The normalized spacial score (nSPS) is 37.4. The van der Waals surface area contributed by atoms with Crippen LogP contribution < -0.4 is 0 Å². The van der Waals surface area contributed by atoms with Crippen molar-refractivity contribution in [2.24, 2.45) is 11.8 Å². The van der Waals surface area contributed by atoms with Crippen molar-refractivity contribution in [3.8, 4) is 0 Å². The summed E-state index contributed by atoms with van der Waals surface area (Å²) in [6.07, 6.45) is 4.89. The van der Waals surface area contributed by atoms with Gasteiger partial charge in [0.1, 0.15) is 0 Å². The molecule has 3 rings (SSSR count). The molecule has 3 heterocycles. The first-order chi connectivity index (χ1) is 9.22. The number of carbonyl (C=O) groups excluding carboxylic acids is 2. The maximum Gasteiger partial charge on any atom is 0.312 e. The molecule has 1 amide bonds. The van der Waals surface area contributed by atoms with E-state index in [2.05, 4.69) is 0 Å². The number of carbonyl (C=O) groups is 2. The van der Waals surface area contributed by atoms with Gasteiger partial charge in [-0.05, 0) is 32.1 Å². The number of nitrogens with zero attached hydrogens (tertiary/aromatic N) is 1. The fourth-order valence-electron chi connectivity index (χ4n) is 3.75. The minimum atomic E-state index is -0.391. The van der Waals surface area contributed by atoms with Crippen molar-refractivity contribution < 1.29 is 19.1 Å². The molecule has 0 aromatic rings. The molecule has 2 bridgehead atoms. The first-order valence-electron chi connectivity index (χ1n) is 7.24. The van der Waals surface area contributed by atoms with Gasteiger partial charge >= 0.3 is 5.97 Å². The summed E-state index contributed by atoms with van der Waals surface area (Å²) in [7, 11) is 1.39. The summed E-state index contributed by atoms with van der Waals surface area (Å²) in [5, 5.41) is 0. The zero-order valence-electron chi connectivity index (χ0n) is 11.3. The van der Waals surface area contributed by atoms with Crippen LogP contribution in [0.2, 0.25) is 0 Å². The minimum Gasteiger partial charge on any atom is -0.469 e. The van der Waals surface area contributed by atoms with Gasteiger partial charge in [-0.2, -0.15) is 0 Å². The maximum atomic E-state index is 12.7. The fraction of sp³-hybridized carbons (Fsp3) is 0.857. The van der Waals surface area contributed by atoms with E-state index in [9.17, 15) is 9.59 Å². The molecule has 3 aliphatic rings. The number of amides is 1. The van der Waals surface area contributed by atoms with Gasteiger partial charge in [-0.3, -0.25) is 9.59 Å². The lowest BCUT2D eigenvalue weighted by Gasteiger charge is -2.33. The zero-order chi connectivity index (χ0) is 13.4. The number of likely N-dealkylation sites (tertiary alicyclic amines) is 1. The Morgan fingerprint density at radius 2 is 1.68 bits per heavy atom. The van der Waals surface area contributed by atoms with Crippen molar-refractivity contribution in [3.63, 3.8) is 0 Å². The van der Waals surface area contributed by atoms with Gasteiger partial charge in [-0.25, -0.2) is 0 Å². The number of hydrogen-bond donors (Lipinski definition) is 0. The van der Waals surface area contributed by atoms with Crippen molar-refractivity contribution in [1.29, 1.82) is 0 Å². The SMILES string of the molecule is COC(=O)C1C(C(=O)N2CCCCC2)[C@H]2CC[C@@H]1O2. The number of hydrogen-bond acceptors (Lipinski definition) is 4. The Balaban J connectivity index is 1.77. The standard InChI is InChI=1S/C14H21NO4/c1-18-14(17)12-10-6-5-9(19-10)11(12)13(16)15-7-3-2-4-8-15/h9-12H,2-8H2,1H3/t9-,10+,11?,12?/m1/s1. The molecule has 3 aliphatic heterocycles. The van der Waals surface area contributed by atoms with E-state index in [0.717, 1.165) is 38.8 Å². The first-order valence-corrected chi connectivity index (χ1v) is 7.24. The molecule has 4 atom stereocenters. The lowest BCUT2D eigenvalue weighted by molar-refractivity contribution is -0.153. The van der Waals surface area contributed by atoms with E-state index in [1.165, 1.54) is 13.5 Å². The topological polar surface area (TPSA) is 55.8 Å². The van der Waals surface area contributed by atoms with Gasteiger partial charge in [-0.15, -0.1) is 0 Å². The van der Waals surface area contributed by atoms with Gasteiger partial charge in [0.2, 0.25) is 5.91 Å². The number of esters is 1. The molecular formula is C14H21NO4. The molecule has 3 saturated heterocycles. The van der Waals surface area contributed by atoms with Crippen LogP contribution in [0.4, 0.5) is 0 Å². The number of methoxy groups -OCH3 is 1. The molecule has 0 saturated carbocycles. The van der Waals surface area contributed by atoms with Crippen LogP contribution in [0.25, 0.3) is 0 Å². The highest BCUT2D eigenvalue weighted by molar-refractivity contribution is 5.87. The van der Waals surface area contributed by atoms with E-state index in [-0.39, 0.29) is 30.0 Å². The Kier molecular flexibility index (Phi) is 3.48. The van der Waals surface area contributed by atoms with E-state index in [0.29, 0.717) is 0 Å². The summed E-state index contributed by atoms with van der Waals surface area (Å²) in [6, 6.07) is 0. The second-order valence-corrected chi connectivity index (χ2v) is 5.75. The van der Waals surface area contributed by atoms with Crippen LogP contribution in [-0.2, 0) is 19.1 Å². The Hall–Kier alpha value is -1.10. The Morgan fingerprint density at radius 1 is 1.05 bits per heavy atom. The van der Waals surface area contributed by atoms with Crippen LogP contribution in [0.5, 0.6) is 0 Å². The summed E-state index contributed by atoms with van der Waals surface area (Å²) in [6.45, 7) is 1.64. The zero-order valence-corrected chi connectivity index (χ0v) is 11.3. The number of fused-ring (bicyclic) bond motifs is 2. The van der Waals surface area contributed by atoms with Crippen LogP contribution in [0.3, 0.4) is 0 Å². The van der Waals surface area contributed by atoms with Crippen molar-refractivity contribution in [1.82, 2.24) is 4.90 Å². The second-order valence-electron chi connectivity index (χ2n) is 5.75. The molecule has 0 aliphatic carbocycles. The average molecular weight is 267 g/mol. The van der Waals surface area contributed by atoms with Gasteiger partial charge in [0.05, 0.1) is 31.2 Å². The molecule has 0 aromatic heterocycles. The van der Waals surface area contributed by atoms with E-state index < -0.39 is 5.92 Å². The molecule has 0 aromatic carbocycles. The Bertz CT molecular complexity index is 378.